The summed E-state index contributed by atoms with van der Waals surface area (Å²) in [5, 5.41) is 16.0. The van der Waals surface area contributed by atoms with Crippen LogP contribution in [0.1, 0.15) is 5.56 Å². The zero-order valence-electron chi connectivity index (χ0n) is 11.8. The van der Waals surface area contributed by atoms with Crippen LogP contribution in [-0.2, 0) is 4.79 Å². The Balaban J connectivity index is 1.92. The number of nitrogens with zero attached hydrogens (tertiary/aromatic N) is 2. The molecule has 0 atom stereocenters. The molecule has 2 rings (SSSR count). The molecule has 0 saturated heterocycles. The highest BCUT2D eigenvalue weighted by Gasteiger charge is 2.05. The molecule has 0 fully saturated rings. The Hall–Kier alpha value is -3.13. The third kappa shape index (κ3) is 5.29. The molecular weight excluding hydrogens is 316 g/mol. The first-order valence-electron chi connectivity index (χ1n) is 6.50. The van der Waals surface area contributed by atoms with Gasteiger partial charge in [-0.2, -0.15) is 0 Å². The monoisotopic (exact) mass is 328 g/mol. The SMILES string of the molecule is O=C(C=Cc1cccc([N+](=O)[O-])c1)NC(=S)Nc1ccccn1. The highest BCUT2D eigenvalue weighted by atomic mass is 32.1. The number of pyridine rings is 1. The van der Waals surface area contributed by atoms with E-state index in [9.17, 15) is 14.9 Å². The van der Waals surface area contributed by atoms with Gasteiger partial charge in [-0.1, -0.05) is 18.2 Å². The Labute approximate surface area is 137 Å². The maximum absolute atomic E-state index is 11.8. The summed E-state index contributed by atoms with van der Waals surface area (Å²) in [6.45, 7) is 0. The quantitative estimate of drug-likeness (QED) is 0.387. The van der Waals surface area contributed by atoms with Crippen LogP contribution in [0.2, 0.25) is 0 Å². The third-order valence-corrected chi connectivity index (χ3v) is 2.86. The van der Waals surface area contributed by atoms with E-state index >= 15 is 0 Å². The fourth-order valence-electron chi connectivity index (χ4n) is 1.65. The number of nitro benzene ring substituents is 1. The molecule has 0 aliphatic carbocycles. The summed E-state index contributed by atoms with van der Waals surface area (Å²) < 4.78 is 0. The second-order valence-corrected chi connectivity index (χ2v) is 4.75. The van der Waals surface area contributed by atoms with E-state index in [4.69, 9.17) is 12.2 Å². The minimum absolute atomic E-state index is 0.0418. The van der Waals surface area contributed by atoms with Crippen LogP contribution < -0.4 is 10.6 Å². The fourth-order valence-corrected chi connectivity index (χ4v) is 1.86. The molecule has 0 bridgehead atoms. The van der Waals surface area contributed by atoms with E-state index in [0.717, 1.165) is 0 Å². The van der Waals surface area contributed by atoms with Crippen molar-refractivity contribution in [1.29, 1.82) is 0 Å². The van der Waals surface area contributed by atoms with Crippen molar-refractivity contribution in [3.05, 3.63) is 70.4 Å². The Morgan fingerprint density at radius 2 is 2.09 bits per heavy atom. The van der Waals surface area contributed by atoms with Crippen molar-refractivity contribution < 1.29 is 9.72 Å². The molecule has 2 N–H and O–H groups in total. The number of benzene rings is 1. The number of aromatic nitrogens is 1. The number of hydrogen-bond acceptors (Lipinski definition) is 5. The number of carbonyl (C=O) groups is 1. The summed E-state index contributed by atoms with van der Waals surface area (Å²) in [6, 6.07) is 11.2. The van der Waals surface area contributed by atoms with Crippen molar-refractivity contribution in [3.63, 3.8) is 0 Å². The van der Waals surface area contributed by atoms with Gasteiger partial charge in [0.25, 0.3) is 5.69 Å². The van der Waals surface area contributed by atoms with Crippen molar-refractivity contribution >= 4 is 40.8 Å². The molecule has 0 spiro atoms. The van der Waals surface area contributed by atoms with Crippen LogP contribution in [0, 0.1) is 10.1 Å². The van der Waals surface area contributed by atoms with Crippen molar-refractivity contribution in [3.8, 4) is 0 Å². The number of amides is 1. The zero-order chi connectivity index (χ0) is 16.7. The summed E-state index contributed by atoms with van der Waals surface area (Å²) in [4.78, 5) is 26.0. The molecule has 0 aliphatic rings. The molecular formula is C15H12N4O3S. The molecule has 0 radical (unpaired) electrons. The topological polar surface area (TPSA) is 97.2 Å². The van der Waals surface area contributed by atoms with Crippen molar-refractivity contribution in [1.82, 2.24) is 10.3 Å². The second-order valence-electron chi connectivity index (χ2n) is 4.34. The third-order valence-electron chi connectivity index (χ3n) is 2.65. The van der Waals surface area contributed by atoms with E-state index in [0.29, 0.717) is 11.4 Å². The lowest BCUT2D eigenvalue weighted by molar-refractivity contribution is -0.384. The fraction of sp³-hybridized carbons (Fsp3) is 0. The summed E-state index contributed by atoms with van der Waals surface area (Å²) in [6.07, 6.45) is 4.30. The minimum atomic E-state index is -0.497. The number of rotatable bonds is 4. The normalized spacial score (nSPS) is 10.3. The van der Waals surface area contributed by atoms with Crippen LogP contribution >= 0.6 is 12.2 Å². The van der Waals surface area contributed by atoms with Gasteiger partial charge < -0.3 is 5.32 Å². The van der Waals surface area contributed by atoms with Crippen molar-refractivity contribution in [2.45, 2.75) is 0 Å². The predicted molar refractivity (Wildman–Crippen MR) is 90.7 cm³/mol. The number of non-ortho nitro benzene ring substituents is 1. The Kier molecular flexibility index (Phi) is 5.48. The van der Waals surface area contributed by atoms with Crippen LogP contribution in [0.15, 0.2) is 54.7 Å². The number of thiocarbonyl (C=S) groups is 1. The average Bonchev–Trinajstić information content (AvgIpc) is 2.54. The maximum Gasteiger partial charge on any atom is 0.270 e. The van der Waals surface area contributed by atoms with Crippen LogP contribution in [0.4, 0.5) is 11.5 Å². The molecule has 1 heterocycles. The van der Waals surface area contributed by atoms with Crippen LogP contribution in [-0.4, -0.2) is 20.9 Å². The summed E-state index contributed by atoms with van der Waals surface area (Å²) >= 11 is 4.99. The summed E-state index contributed by atoms with van der Waals surface area (Å²) in [5.41, 5.74) is 0.498. The molecule has 1 aromatic carbocycles. The number of anilines is 1. The maximum atomic E-state index is 11.8. The zero-order valence-corrected chi connectivity index (χ0v) is 12.6. The van der Waals surface area contributed by atoms with Crippen LogP contribution in [0.25, 0.3) is 6.08 Å². The molecule has 1 aromatic heterocycles. The van der Waals surface area contributed by atoms with Gasteiger partial charge in [0.1, 0.15) is 5.82 Å². The predicted octanol–water partition coefficient (Wildman–Crippen LogP) is 2.52. The molecule has 0 saturated carbocycles. The summed E-state index contributed by atoms with van der Waals surface area (Å²) in [5.74, 6) is 0.0606. The van der Waals surface area contributed by atoms with E-state index in [2.05, 4.69) is 15.6 Å². The summed E-state index contributed by atoms with van der Waals surface area (Å²) in [7, 11) is 0. The Morgan fingerprint density at radius 3 is 2.78 bits per heavy atom. The molecule has 2 aromatic rings. The van der Waals surface area contributed by atoms with E-state index in [1.165, 1.54) is 24.3 Å². The smallest absolute Gasteiger partial charge is 0.270 e. The van der Waals surface area contributed by atoms with Crippen LogP contribution in [0.3, 0.4) is 0 Å². The largest absolute Gasteiger partial charge is 0.317 e. The van der Waals surface area contributed by atoms with Gasteiger partial charge in [-0.25, -0.2) is 4.98 Å². The Morgan fingerprint density at radius 1 is 1.26 bits per heavy atom. The minimum Gasteiger partial charge on any atom is -0.317 e. The number of hydrogen-bond donors (Lipinski definition) is 2. The van der Waals surface area contributed by atoms with Gasteiger partial charge in [0.05, 0.1) is 4.92 Å². The number of nitrogens with one attached hydrogen (secondary N) is 2. The highest BCUT2D eigenvalue weighted by Crippen LogP contribution is 2.13. The first-order valence-corrected chi connectivity index (χ1v) is 6.91. The van der Waals surface area contributed by atoms with Crippen molar-refractivity contribution in [2.24, 2.45) is 0 Å². The van der Waals surface area contributed by atoms with Crippen LogP contribution in [0.5, 0.6) is 0 Å². The van der Waals surface area contributed by atoms with Gasteiger partial charge in [-0.3, -0.25) is 20.2 Å². The highest BCUT2D eigenvalue weighted by molar-refractivity contribution is 7.80. The van der Waals surface area contributed by atoms with Gasteiger partial charge >= 0.3 is 0 Å². The molecule has 1 amide bonds. The average molecular weight is 328 g/mol. The molecule has 8 heteroatoms. The van der Waals surface area contributed by atoms with E-state index in [1.54, 1.807) is 36.5 Å². The lowest BCUT2D eigenvalue weighted by Gasteiger charge is -2.06. The molecule has 0 unspecified atom stereocenters. The van der Waals surface area contributed by atoms with E-state index in [-0.39, 0.29) is 10.8 Å². The molecule has 116 valence electrons. The standard InChI is InChI=1S/C15H12N4O3S/c20-14(18-15(23)17-13-6-1-2-9-16-13)8-7-11-4-3-5-12(10-11)19(21)22/h1-10H,(H2,16,17,18,20,23). The first-order chi connectivity index (χ1) is 11.0. The van der Waals surface area contributed by atoms with Gasteiger partial charge in [0.15, 0.2) is 5.11 Å². The number of carbonyl (C=O) groups excluding carboxylic acids is 1. The van der Waals surface area contributed by atoms with Gasteiger partial charge in [0.2, 0.25) is 5.91 Å². The van der Waals surface area contributed by atoms with Gasteiger partial charge in [-0.15, -0.1) is 0 Å². The lowest BCUT2D eigenvalue weighted by Crippen LogP contribution is -2.33. The number of nitro groups is 1. The molecule has 23 heavy (non-hydrogen) atoms. The van der Waals surface area contributed by atoms with E-state index < -0.39 is 10.8 Å². The van der Waals surface area contributed by atoms with E-state index in [1.807, 2.05) is 0 Å². The van der Waals surface area contributed by atoms with Gasteiger partial charge in [-0.05, 0) is 36.0 Å². The van der Waals surface area contributed by atoms with Crippen molar-refractivity contribution in [2.75, 3.05) is 5.32 Å². The van der Waals surface area contributed by atoms with Gasteiger partial charge in [0, 0.05) is 24.4 Å². The molecule has 0 aliphatic heterocycles. The molecule has 7 nitrogen and oxygen atoms in total. The first kappa shape index (κ1) is 16.2. The second kappa shape index (κ2) is 7.76. The lowest BCUT2D eigenvalue weighted by atomic mass is 10.2. The Bertz CT molecular complexity index is 762.